The number of pyridine rings is 1. The van der Waals surface area contributed by atoms with Gasteiger partial charge in [0, 0.05) is 12.7 Å². The molecule has 0 radical (unpaired) electrons. The summed E-state index contributed by atoms with van der Waals surface area (Å²) < 4.78 is 6.93. The first-order valence-corrected chi connectivity index (χ1v) is 11.5. The van der Waals surface area contributed by atoms with Crippen molar-refractivity contribution >= 4 is 45.9 Å². The van der Waals surface area contributed by atoms with Crippen molar-refractivity contribution in [3.8, 4) is 11.5 Å². The third-order valence-corrected chi connectivity index (χ3v) is 6.55. The molecule has 3 rings (SSSR count). The number of thioether (sulfide) groups is 1. The lowest BCUT2D eigenvalue weighted by atomic mass is 10.1. The Morgan fingerprint density at radius 2 is 2.03 bits per heavy atom. The molecule has 3 aromatic rings. The van der Waals surface area contributed by atoms with Gasteiger partial charge < -0.3 is 20.4 Å². The molecule has 10 nitrogen and oxygen atoms in total. The molecule has 0 aliphatic heterocycles. The second-order valence-electron chi connectivity index (χ2n) is 6.45. The Hall–Kier alpha value is -3.25. The van der Waals surface area contributed by atoms with Gasteiger partial charge in [0.15, 0.2) is 11.0 Å². The van der Waals surface area contributed by atoms with Crippen molar-refractivity contribution in [3.05, 3.63) is 40.4 Å². The highest BCUT2D eigenvalue weighted by atomic mass is 32.2. The van der Waals surface area contributed by atoms with E-state index in [0.717, 1.165) is 11.3 Å². The van der Waals surface area contributed by atoms with Crippen LogP contribution in [0.1, 0.15) is 39.4 Å². The smallest absolute Gasteiger partial charge is 0.341 e. The first-order chi connectivity index (χ1) is 15.4. The molecule has 0 fully saturated rings. The van der Waals surface area contributed by atoms with Crippen molar-refractivity contribution < 1.29 is 19.1 Å². The molecule has 3 aromatic heterocycles. The van der Waals surface area contributed by atoms with E-state index in [9.17, 15) is 14.4 Å². The van der Waals surface area contributed by atoms with Crippen LogP contribution in [0.25, 0.3) is 11.5 Å². The van der Waals surface area contributed by atoms with Crippen molar-refractivity contribution in [1.82, 2.24) is 19.7 Å². The van der Waals surface area contributed by atoms with Crippen LogP contribution >= 0.6 is 23.1 Å². The molecule has 0 aromatic carbocycles. The third-order valence-electron chi connectivity index (χ3n) is 4.36. The Morgan fingerprint density at radius 3 is 2.66 bits per heavy atom. The number of hydrogen-bond donors (Lipinski definition) is 2. The minimum Gasteiger partial charge on any atom is -0.462 e. The van der Waals surface area contributed by atoms with Crippen molar-refractivity contribution in [3.63, 3.8) is 0 Å². The highest BCUT2D eigenvalue weighted by molar-refractivity contribution is 7.99. The fourth-order valence-corrected chi connectivity index (χ4v) is 4.81. The molecule has 0 saturated heterocycles. The Balaban J connectivity index is 1.76. The van der Waals surface area contributed by atoms with Crippen LogP contribution < -0.4 is 11.1 Å². The fraction of sp³-hybridized carbons (Fsp3) is 0.300. The third kappa shape index (κ3) is 4.97. The van der Waals surface area contributed by atoms with Crippen LogP contribution in [0.4, 0.5) is 5.00 Å². The lowest BCUT2D eigenvalue weighted by molar-refractivity contribution is -0.113. The van der Waals surface area contributed by atoms with Gasteiger partial charge in [0.2, 0.25) is 5.91 Å². The Morgan fingerprint density at radius 1 is 1.25 bits per heavy atom. The van der Waals surface area contributed by atoms with Gasteiger partial charge in [-0.15, -0.1) is 21.5 Å². The standard InChI is InChI=1S/C20H22N6O4S2/c1-4-26-17(12-8-6-7-9-22-12)24-25-20(26)31-10-13(27)23-18-14(19(29)30-5-2)11(3)15(32-18)16(21)28/h6-9H,4-5,10H2,1-3H3,(H2,21,28)(H,23,27). The van der Waals surface area contributed by atoms with E-state index in [0.29, 0.717) is 28.8 Å². The number of esters is 1. The van der Waals surface area contributed by atoms with Gasteiger partial charge in [0.05, 0.1) is 22.8 Å². The zero-order valence-electron chi connectivity index (χ0n) is 17.7. The molecule has 2 amide bonds. The molecule has 3 N–H and O–H groups in total. The summed E-state index contributed by atoms with van der Waals surface area (Å²) >= 11 is 2.15. The summed E-state index contributed by atoms with van der Waals surface area (Å²) in [5.41, 5.74) is 6.60. The highest BCUT2D eigenvalue weighted by Crippen LogP contribution is 2.34. The number of hydrogen-bond acceptors (Lipinski definition) is 9. The van der Waals surface area contributed by atoms with Crippen LogP contribution in [0.2, 0.25) is 0 Å². The van der Waals surface area contributed by atoms with Crippen LogP contribution in [0.3, 0.4) is 0 Å². The largest absolute Gasteiger partial charge is 0.462 e. The van der Waals surface area contributed by atoms with E-state index >= 15 is 0 Å². The van der Waals surface area contributed by atoms with E-state index in [1.807, 2.05) is 29.7 Å². The van der Waals surface area contributed by atoms with Gasteiger partial charge in [-0.2, -0.15) is 0 Å². The minimum atomic E-state index is -0.675. The number of carbonyl (C=O) groups is 3. The molecule has 0 atom stereocenters. The monoisotopic (exact) mass is 474 g/mol. The maximum Gasteiger partial charge on any atom is 0.341 e. The number of nitrogens with two attached hydrogens (primary N) is 1. The molecule has 168 valence electrons. The van der Waals surface area contributed by atoms with Crippen molar-refractivity contribution in [2.75, 3.05) is 17.7 Å². The Bertz CT molecular complexity index is 1140. The number of thiophene rings is 1. The molecule has 12 heteroatoms. The topological polar surface area (TPSA) is 142 Å². The van der Waals surface area contributed by atoms with E-state index in [1.54, 1.807) is 20.0 Å². The second-order valence-corrected chi connectivity index (χ2v) is 8.41. The molecular weight excluding hydrogens is 452 g/mol. The molecule has 0 unspecified atom stereocenters. The summed E-state index contributed by atoms with van der Waals surface area (Å²) in [7, 11) is 0. The summed E-state index contributed by atoms with van der Waals surface area (Å²) in [5, 5.41) is 11.9. The molecule has 0 aliphatic carbocycles. The van der Waals surface area contributed by atoms with Crippen LogP contribution in [-0.2, 0) is 16.1 Å². The van der Waals surface area contributed by atoms with Gasteiger partial charge >= 0.3 is 5.97 Å². The average molecular weight is 475 g/mol. The zero-order chi connectivity index (χ0) is 23.3. The van der Waals surface area contributed by atoms with E-state index < -0.39 is 11.9 Å². The Kier molecular flexibility index (Phi) is 7.59. The molecule has 0 aliphatic rings. The van der Waals surface area contributed by atoms with Gasteiger partial charge in [-0.3, -0.25) is 14.6 Å². The number of rotatable bonds is 9. The summed E-state index contributed by atoms with van der Waals surface area (Å²) in [5.74, 6) is -1.04. The minimum absolute atomic E-state index is 0.0193. The van der Waals surface area contributed by atoms with Gasteiger partial charge in [-0.05, 0) is 38.5 Å². The number of primary amides is 1. The van der Waals surface area contributed by atoms with Crippen LogP contribution in [-0.4, -0.2) is 49.9 Å². The summed E-state index contributed by atoms with van der Waals surface area (Å²) in [6.07, 6.45) is 1.68. The summed E-state index contributed by atoms with van der Waals surface area (Å²) in [4.78, 5) is 41.2. The highest BCUT2D eigenvalue weighted by Gasteiger charge is 2.26. The van der Waals surface area contributed by atoms with E-state index in [4.69, 9.17) is 10.5 Å². The number of carbonyl (C=O) groups excluding carboxylic acids is 3. The summed E-state index contributed by atoms with van der Waals surface area (Å²) in [6, 6.07) is 5.52. The quantitative estimate of drug-likeness (QED) is 0.356. The SMILES string of the molecule is CCOC(=O)c1c(NC(=O)CSc2nnc(-c3ccccn3)n2CC)sc(C(N)=O)c1C. The predicted octanol–water partition coefficient (Wildman–Crippen LogP) is 2.74. The van der Waals surface area contributed by atoms with Gasteiger partial charge in [0.25, 0.3) is 5.91 Å². The first-order valence-electron chi connectivity index (χ1n) is 9.74. The number of aromatic nitrogens is 4. The number of nitrogens with zero attached hydrogens (tertiary/aromatic N) is 4. The molecule has 0 spiro atoms. The Labute approximate surface area is 192 Å². The van der Waals surface area contributed by atoms with Crippen molar-refractivity contribution in [1.29, 1.82) is 0 Å². The zero-order valence-corrected chi connectivity index (χ0v) is 19.4. The molecule has 0 bridgehead atoms. The van der Waals surface area contributed by atoms with E-state index in [1.165, 1.54) is 11.8 Å². The lowest BCUT2D eigenvalue weighted by Gasteiger charge is -2.08. The summed E-state index contributed by atoms with van der Waals surface area (Å²) in [6.45, 7) is 5.98. The molecule has 32 heavy (non-hydrogen) atoms. The fourth-order valence-electron chi connectivity index (χ4n) is 2.94. The second kappa shape index (κ2) is 10.4. The van der Waals surface area contributed by atoms with Crippen LogP contribution in [0, 0.1) is 6.92 Å². The normalized spacial score (nSPS) is 10.7. The van der Waals surface area contributed by atoms with Crippen LogP contribution in [0.15, 0.2) is 29.6 Å². The number of amides is 2. The molecular formula is C20H22N6O4S2. The number of nitrogens with one attached hydrogen (secondary N) is 1. The van der Waals surface area contributed by atoms with E-state index in [-0.39, 0.29) is 33.7 Å². The van der Waals surface area contributed by atoms with Crippen LogP contribution in [0.5, 0.6) is 0 Å². The number of anilines is 1. The van der Waals surface area contributed by atoms with Gasteiger partial charge in [-0.1, -0.05) is 17.8 Å². The number of ether oxygens (including phenoxy) is 1. The van der Waals surface area contributed by atoms with Crippen molar-refractivity contribution in [2.24, 2.45) is 5.73 Å². The maximum absolute atomic E-state index is 12.6. The lowest BCUT2D eigenvalue weighted by Crippen LogP contribution is -2.17. The van der Waals surface area contributed by atoms with Gasteiger partial charge in [-0.25, -0.2) is 4.79 Å². The van der Waals surface area contributed by atoms with Crippen molar-refractivity contribution in [2.45, 2.75) is 32.5 Å². The maximum atomic E-state index is 12.6. The molecule has 3 heterocycles. The van der Waals surface area contributed by atoms with E-state index in [2.05, 4.69) is 20.5 Å². The first kappa shape index (κ1) is 23.4. The van der Waals surface area contributed by atoms with Gasteiger partial charge in [0.1, 0.15) is 10.7 Å². The molecule has 0 saturated carbocycles. The average Bonchev–Trinajstić information content (AvgIpc) is 3.33. The predicted molar refractivity (Wildman–Crippen MR) is 122 cm³/mol.